The molecule has 0 spiro atoms. The van der Waals surface area contributed by atoms with Crippen LogP contribution < -0.4 is 20.3 Å². The van der Waals surface area contributed by atoms with Crippen molar-refractivity contribution in [3.8, 4) is 5.75 Å². The van der Waals surface area contributed by atoms with Crippen LogP contribution in [0.5, 0.6) is 5.75 Å². The smallest absolute Gasteiger partial charge is 0.335 e. The number of nitrogens with one attached hydrogen (secondary N) is 2. The van der Waals surface area contributed by atoms with Crippen LogP contribution in [0.2, 0.25) is 20.1 Å². The number of ether oxygens (including phenoxy) is 1. The largest absolute Gasteiger partial charge is 0.481 e. The molecule has 1 fully saturated rings. The molecule has 39 heavy (non-hydrogen) atoms. The van der Waals surface area contributed by atoms with Crippen LogP contribution in [0.1, 0.15) is 16.7 Å². The van der Waals surface area contributed by atoms with Gasteiger partial charge in [0.05, 0.1) is 25.8 Å². The predicted molar refractivity (Wildman–Crippen MR) is 152 cm³/mol. The number of urea groups is 1. The lowest BCUT2D eigenvalue weighted by Gasteiger charge is -2.26. The molecule has 1 aliphatic heterocycles. The van der Waals surface area contributed by atoms with E-state index < -0.39 is 23.8 Å². The van der Waals surface area contributed by atoms with Crippen molar-refractivity contribution < 1.29 is 23.9 Å². The van der Waals surface area contributed by atoms with Gasteiger partial charge in [-0.15, -0.1) is 0 Å². The molecule has 1 saturated heterocycles. The highest BCUT2D eigenvalue weighted by molar-refractivity contribution is 6.43. The van der Waals surface area contributed by atoms with E-state index in [9.17, 15) is 19.2 Å². The number of aryl methyl sites for hydroxylation is 2. The van der Waals surface area contributed by atoms with E-state index >= 15 is 0 Å². The summed E-state index contributed by atoms with van der Waals surface area (Å²) in [6.07, 6.45) is 1.23. The normalized spacial score (nSPS) is 14.5. The van der Waals surface area contributed by atoms with Crippen LogP contribution in [-0.2, 0) is 14.4 Å². The van der Waals surface area contributed by atoms with Crippen LogP contribution in [0, 0.1) is 13.8 Å². The zero-order valence-corrected chi connectivity index (χ0v) is 23.4. The van der Waals surface area contributed by atoms with Gasteiger partial charge < -0.3 is 10.1 Å². The maximum Gasteiger partial charge on any atom is 0.335 e. The van der Waals surface area contributed by atoms with E-state index in [2.05, 4.69) is 10.6 Å². The van der Waals surface area contributed by atoms with E-state index in [0.717, 1.165) is 16.0 Å². The molecule has 1 aliphatic rings. The second-order valence-corrected chi connectivity index (χ2v) is 10.2. The molecule has 3 aromatic rings. The SMILES string of the molecule is Cc1ccc(C)c(NC(=O)COc2c(Cl)cc(/C=C3/C(=O)NC(=O)N(c4ccc(Cl)c(Cl)c4)C3=O)cc2Cl)c1. The van der Waals surface area contributed by atoms with Crippen LogP contribution in [0.3, 0.4) is 0 Å². The zero-order valence-electron chi connectivity index (χ0n) is 20.4. The number of hydrogen-bond donors (Lipinski definition) is 2. The topological polar surface area (TPSA) is 105 Å². The minimum atomic E-state index is -0.945. The second-order valence-electron chi connectivity index (χ2n) is 8.53. The molecular formula is C27H19Cl4N3O5. The highest BCUT2D eigenvalue weighted by Gasteiger charge is 2.37. The molecular weight excluding hydrogens is 588 g/mol. The van der Waals surface area contributed by atoms with Crippen LogP contribution >= 0.6 is 46.4 Å². The Balaban J connectivity index is 1.53. The summed E-state index contributed by atoms with van der Waals surface area (Å²) in [5, 5.41) is 5.31. The van der Waals surface area contributed by atoms with Crippen molar-refractivity contribution in [3.63, 3.8) is 0 Å². The van der Waals surface area contributed by atoms with Gasteiger partial charge in [0.1, 0.15) is 5.57 Å². The summed E-state index contributed by atoms with van der Waals surface area (Å²) >= 11 is 24.6. The summed E-state index contributed by atoms with van der Waals surface area (Å²) in [6, 6.07) is 11.7. The van der Waals surface area contributed by atoms with E-state index in [1.54, 1.807) is 0 Å². The fraction of sp³-hybridized carbons (Fsp3) is 0.111. The van der Waals surface area contributed by atoms with Crippen molar-refractivity contribution in [3.05, 3.63) is 90.9 Å². The van der Waals surface area contributed by atoms with Crippen LogP contribution in [0.15, 0.2) is 54.1 Å². The van der Waals surface area contributed by atoms with Gasteiger partial charge in [-0.1, -0.05) is 58.5 Å². The molecule has 4 rings (SSSR count). The third-order valence-electron chi connectivity index (χ3n) is 5.61. The van der Waals surface area contributed by atoms with Gasteiger partial charge in [-0.2, -0.15) is 0 Å². The number of amides is 5. The van der Waals surface area contributed by atoms with Crippen molar-refractivity contribution in [2.24, 2.45) is 0 Å². The highest BCUT2D eigenvalue weighted by atomic mass is 35.5. The molecule has 0 aromatic heterocycles. The number of nitrogens with zero attached hydrogens (tertiary/aromatic N) is 1. The van der Waals surface area contributed by atoms with E-state index in [1.807, 2.05) is 32.0 Å². The Labute approximate surface area is 243 Å². The second kappa shape index (κ2) is 11.7. The van der Waals surface area contributed by atoms with Crippen LogP contribution in [-0.4, -0.2) is 30.4 Å². The number of rotatable bonds is 6. The number of imide groups is 2. The van der Waals surface area contributed by atoms with Crippen molar-refractivity contribution in [2.75, 3.05) is 16.8 Å². The monoisotopic (exact) mass is 605 g/mol. The Hall–Kier alpha value is -3.56. The number of anilines is 2. The van der Waals surface area contributed by atoms with E-state index in [4.69, 9.17) is 51.1 Å². The zero-order chi connectivity index (χ0) is 28.4. The summed E-state index contributed by atoms with van der Waals surface area (Å²) in [4.78, 5) is 51.2. The predicted octanol–water partition coefficient (Wildman–Crippen LogP) is 6.60. The maximum atomic E-state index is 13.1. The number of carbonyl (C=O) groups is 4. The quantitative estimate of drug-likeness (QED) is 0.243. The van der Waals surface area contributed by atoms with Gasteiger partial charge in [0.15, 0.2) is 12.4 Å². The van der Waals surface area contributed by atoms with Gasteiger partial charge in [0.2, 0.25) is 0 Å². The van der Waals surface area contributed by atoms with Gasteiger partial charge in [-0.05, 0) is 73.0 Å². The lowest BCUT2D eigenvalue weighted by molar-refractivity contribution is -0.122. The van der Waals surface area contributed by atoms with Gasteiger partial charge in [-0.3, -0.25) is 19.7 Å². The lowest BCUT2D eigenvalue weighted by Crippen LogP contribution is -2.54. The first-order valence-electron chi connectivity index (χ1n) is 11.3. The van der Waals surface area contributed by atoms with Crippen LogP contribution in [0.4, 0.5) is 16.2 Å². The minimum absolute atomic E-state index is 0.0370. The lowest BCUT2D eigenvalue weighted by atomic mass is 10.1. The Morgan fingerprint density at radius 2 is 1.62 bits per heavy atom. The van der Waals surface area contributed by atoms with Crippen LogP contribution in [0.25, 0.3) is 6.08 Å². The van der Waals surface area contributed by atoms with E-state index in [-0.39, 0.29) is 49.3 Å². The van der Waals surface area contributed by atoms with Gasteiger partial charge in [-0.25, -0.2) is 9.69 Å². The number of halogens is 4. The molecule has 0 bridgehead atoms. The highest BCUT2D eigenvalue weighted by Crippen LogP contribution is 2.36. The fourth-order valence-electron chi connectivity index (χ4n) is 3.68. The molecule has 2 N–H and O–H groups in total. The Morgan fingerprint density at radius 1 is 0.923 bits per heavy atom. The molecule has 12 heteroatoms. The Bertz CT molecular complexity index is 1550. The van der Waals surface area contributed by atoms with Crippen molar-refractivity contribution >= 4 is 87.6 Å². The molecule has 0 atom stereocenters. The number of barbiturate groups is 1. The van der Waals surface area contributed by atoms with Gasteiger partial charge in [0, 0.05) is 5.69 Å². The van der Waals surface area contributed by atoms with Crippen molar-refractivity contribution in [2.45, 2.75) is 13.8 Å². The van der Waals surface area contributed by atoms with E-state index in [1.165, 1.54) is 36.4 Å². The molecule has 5 amide bonds. The fourth-order valence-corrected chi connectivity index (χ4v) is 4.58. The third-order valence-corrected chi connectivity index (χ3v) is 6.91. The summed E-state index contributed by atoms with van der Waals surface area (Å²) in [6.45, 7) is 3.41. The first-order chi connectivity index (χ1) is 18.4. The van der Waals surface area contributed by atoms with Crippen molar-refractivity contribution in [1.82, 2.24) is 5.32 Å². The summed E-state index contributed by atoms with van der Waals surface area (Å²) in [7, 11) is 0. The maximum absolute atomic E-state index is 13.1. The van der Waals surface area contributed by atoms with Gasteiger partial charge >= 0.3 is 6.03 Å². The summed E-state index contributed by atoms with van der Waals surface area (Å²) < 4.78 is 5.55. The van der Waals surface area contributed by atoms with Crippen molar-refractivity contribution in [1.29, 1.82) is 0 Å². The Kier molecular flexibility index (Phi) is 8.51. The number of carbonyl (C=O) groups excluding carboxylic acids is 4. The molecule has 0 unspecified atom stereocenters. The molecule has 8 nitrogen and oxygen atoms in total. The molecule has 0 aliphatic carbocycles. The minimum Gasteiger partial charge on any atom is -0.481 e. The summed E-state index contributed by atoms with van der Waals surface area (Å²) in [5.74, 6) is -2.17. The van der Waals surface area contributed by atoms with E-state index in [0.29, 0.717) is 5.69 Å². The molecule has 1 heterocycles. The standard InChI is InChI=1S/C27H19Cl4N3O5/c1-13-3-4-14(2)22(7-13)32-23(35)12-39-24-20(30)9-15(10-21(24)31)8-17-25(36)33-27(38)34(26(17)37)16-5-6-18(28)19(29)11-16/h3-11H,12H2,1-2H3,(H,32,35)(H,33,36,38)/b17-8-. The molecule has 0 saturated carbocycles. The molecule has 0 radical (unpaired) electrons. The Morgan fingerprint density at radius 3 is 2.28 bits per heavy atom. The summed E-state index contributed by atoms with van der Waals surface area (Å²) in [5.41, 5.74) is 2.58. The molecule has 200 valence electrons. The number of benzene rings is 3. The van der Waals surface area contributed by atoms with Gasteiger partial charge in [0.25, 0.3) is 17.7 Å². The first kappa shape index (κ1) is 28.4. The molecule has 3 aromatic carbocycles. The average molecular weight is 607 g/mol. The first-order valence-corrected chi connectivity index (χ1v) is 12.8. The average Bonchev–Trinajstić information content (AvgIpc) is 2.85. The number of hydrogen-bond acceptors (Lipinski definition) is 5. The third kappa shape index (κ3) is 6.37.